The molecule has 0 unspecified atom stereocenters. The van der Waals surface area contributed by atoms with Crippen LogP contribution in [0.3, 0.4) is 0 Å². The van der Waals surface area contributed by atoms with Crippen LogP contribution in [0.25, 0.3) is 0 Å². The van der Waals surface area contributed by atoms with Crippen LogP contribution in [0.2, 0.25) is 0 Å². The zero-order chi connectivity index (χ0) is 8.43. The third-order valence-corrected chi connectivity index (χ3v) is 2.45. The molecule has 0 saturated carbocycles. The number of carboxylic acids is 1. The van der Waals surface area contributed by atoms with Gasteiger partial charge in [-0.1, -0.05) is 18.3 Å². The highest BCUT2D eigenvalue weighted by Crippen LogP contribution is 2.16. The van der Waals surface area contributed by atoms with Crippen LogP contribution in [-0.4, -0.2) is 16.2 Å². The summed E-state index contributed by atoms with van der Waals surface area (Å²) >= 11 is 5.88. The summed E-state index contributed by atoms with van der Waals surface area (Å²) in [5.74, 6) is -1.82. The van der Waals surface area contributed by atoms with Gasteiger partial charge in [0, 0.05) is 5.92 Å². The van der Waals surface area contributed by atoms with Crippen molar-refractivity contribution in [3.05, 3.63) is 8.96 Å². The molecule has 1 N–H and O–H groups in total. The third kappa shape index (κ3) is 1.84. The topological polar surface area (TPSA) is 68.8 Å². The first-order valence-electron chi connectivity index (χ1n) is 2.87. The maximum Gasteiger partial charge on any atom is 0.176 e. The van der Waals surface area contributed by atoms with Gasteiger partial charge in [0.1, 0.15) is 5.01 Å². The predicted octanol–water partition coefficient (Wildman–Crippen LogP) is 0.0541. The second-order valence-corrected chi connectivity index (χ2v) is 3.69. The number of rotatable bonds is 2. The van der Waals surface area contributed by atoms with Crippen LogP contribution in [0.5, 0.6) is 0 Å². The molecule has 0 fully saturated rings. The van der Waals surface area contributed by atoms with E-state index in [0.717, 1.165) is 11.3 Å². The summed E-state index contributed by atoms with van der Waals surface area (Å²) in [7, 11) is 0. The molecule has 1 atom stereocenters. The van der Waals surface area contributed by atoms with Crippen molar-refractivity contribution in [2.24, 2.45) is 0 Å². The molecular formula is C5H5N2O2S2-. The maximum absolute atomic E-state index is 10.3. The Hall–Kier alpha value is -0.750. The lowest BCUT2D eigenvalue weighted by Crippen LogP contribution is -2.27. The van der Waals surface area contributed by atoms with Crippen molar-refractivity contribution >= 4 is 29.5 Å². The van der Waals surface area contributed by atoms with Gasteiger partial charge in [-0.25, -0.2) is 0 Å². The number of nitrogens with zero attached hydrogens (tertiary/aromatic N) is 1. The molecule has 0 spiro atoms. The highest BCUT2D eigenvalue weighted by atomic mass is 32.1. The van der Waals surface area contributed by atoms with Crippen molar-refractivity contribution < 1.29 is 9.90 Å². The zero-order valence-corrected chi connectivity index (χ0v) is 7.29. The van der Waals surface area contributed by atoms with Crippen LogP contribution in [0.1, 0.15) is 17.8 Å². The molecule has 0 aliphatic heterocycles. The van der Waals surface area contributed by atoms with Gasteiger partial charge in [-0.2, -0.15) is 5.10 Å². The van der Waals surface area contributed by atoms with Gasteiger partial charge in [-0.15, -0.1) is 0 Å². The minimum absolute atomic E-state index is 0.454. The molecule has 60 valence electrons. The van der Waals surface area contributed by atoms with E-state index < -0.39 is 11.9 Å². The van der Waals surface area contributed by atoms with E-state index in [-0.39, 0.29) is 0 Å². The summed E-state index contributed by atoms with van der Waals surface area (Å²) in [4.78, 5) is 10.3. The average molecular weight is 189 g/mol. The Morgan fingerprint density at radius 1 is 1.91 bits per heavy atom. The Labute approximate surface area is 71.9 Å². The number of carbonyl (C=O) groups is 1. The van der Waals surface area contributed by atoms with Crippen molar-refractivity contribution in [1.29, 1.82) is 0 Å². The number of aliphatic carboxylic acids is 1. The third-order valence-electron chi connectivity index (χ3n) is 1.18. The normalized spacial score (nSPS) is 12.8. The average Bonchev–Trinajstić information content (AvgIpc) is 2.34. The van der Waals surface area contributed by atoms with Gasteiger partial charge >= 0.3 is 0 Å². The van der Waals surface area contributed by atoms with Crippen molar-refractivity contribution in [2.45, 2.75) is 12.8 Å². The smallest absolute Gasteiger partial charge is 0.176 e. The van der Waals surface area contributed by atoms with Gasteiger partial charge in [-0.3, -0.25) is 5.10 Å². The molecule has 0 radical (unpaired) electrons. The van der Waals surface area contributed by atoms with E-state index >= 15 is 0 Å². The van der Waals surface area contributed by atoms with Gasteiger partial charge in [0.25, 0.3) is 0 Å². The van der Waals surface area contributed by atoms with E-state index in [1.165, 1.54) is 6.92 Å². The van der Waals surface area contributed by atoms with E-state index in [2.05, 4.69) is 10.2 Å². The SMILES string of the molecule is C[C@@H](C(=O)[O-])c1n[nH]c(=S)s1. The first-order chi connectivity index (χ1) is 5.11. The predicted molar refractivity (Wildman–Crippen MR) is 40.7 cm³/mol. The molecule has 1 aromatic rings. The second-order valence-electron chi connectivity index (χ2n) is 1.99. The minimum Gasteiger partial charge on any atom is -0.549 e. The second kappa shape index (κ2) is 3.10. The van der Waals surface area contributed by atoms with E-state index in [1.807, 2.05) is 0 Å². The summed E-state index contributed by atoms with van der Waals surface area (Å²) in [6.07, 6.45) is 0. The fourth-order valence-electron chi connectivity index (χ4n) is 0.527. The molecule has 0 saturated heterocycles. The first-order valence-corrected chi connectivity index (χ1v) is 4.10. The highest BCUT2D eigenvalue weighted by molar-refractivity contribution is 7.73. The first kappa shape index (κ1) is 8.35. The molecule has 4 nitrogen and oxygen atoms in total. The molecule has 0 aliphatic carbocycles. The number of nitrogens with one attached hydrogen (secondary N) is 1. The molecule has 0 amide bonds. The number of carbonyl (C=O) groups excluding carboxylic acids is 1. The molecule has 0 aromatic carbocycles. The fourth-order valence-corrected chi connectivity index (χ4v) is 1.47. The Morgan fingerprint density at radius 2 is 2.55 bits per heavy atom. The number of hydrogen-bond donors (Lipinski definition) is 1. The van der Waals surface area contributed by atoms with Crippen LogP contribution >= 0.6 is 23.6 Å². The van der Waals surface area contributed by atoms with Crippen LogP contribution < -0.4 is 5.11 Å². The number of aromatic amines is 1. The van der Waals surface area contributed by atoms with Gasteiger partial charge in [0.15, 0.2) is 3.95 Å². The number of carboxylic acid groups (broad SMARTS) is 1. The van der Waals surface area contributed by atoms with Crippen molar-refractivity contribution in [1.82, 2.24) is 10.2 Å². The van der Waals surface area contributed by atoms with Gasteiger partial charge in [0.2, 0.25) is 0 Å². The molecule has 1 rings (SSSR count). The molecule has 1 heterocycles. The Bertz CT molecular complexity index is 316. The highest BCUT2D eigenvalue weighted by Gasteiger charge is 2.09. The lowest BCUT2D eigenvalue weighted by molar-refractivity contribution is -0.307. The van der Waals surface area contributed by atoms with E-state index in [1.54, 1.807) is 0 Å². The van der Waals surface area contributed by atoms with E-state index in [4.69, 9.17) is 12.2 Å². The minimum atomic E-state index is -1.14. The van der Waals surface area contributed by atoms with E-state index in [0.29, 0.717) is 8.96 Å². The number of aromatic nitrogens is 2. The molecule has 11 heavy (non-hydrogen) atoms. The molecule has 0 aliphatic rings. The Kier molecular flexibility index (Phi) is 2.35. The summed E-state index contributed by atoms with van der Waals surface area (Å²) in [6.45, 7) is 1.51. The van der Waals surface area contributed by atoms with Gasteiger partial charge in [0.05, 0.1) is 5.97 Å². The van der Waals surface area contributed by atoms with Crippen LogP contribution in [-0.2, 0) is 4.79 Å². The molecule has 0 bridgehead atoms. The van der Waals surface area contributed by atoms with Crippen LogP contribution in [0, 0.1) is 3.95 Å². The summed E-state index contributed by atoms with van der Waals surface area (Å²) in [5.41, 5.74) is 0. The largest absolute Gasteiger partial charge is 0.549 e. The molecule has 1 aromatic heterocycles. The molecule has 6 heteroatoms. The van der Waals surface area contributed by atoms with Gasteiger partial charge in [-0.05, 0) is 12.2 Å². The molecular weight excluding hydrogens is 184 g/mol. The lowest BCUT2D eigenvalue weighted by atomic mass is 10.2. The summed E-state index contributed by atoms with van der Waals surface area (Å²) in [6, 6.07) is 0. The van der Waals surface area contributed by atoms with Gasteiger partial charge < -0.3 is 9.90 Å². The Morgan fingerprint density at radius 3 is 2.91 bits per heavy atom. The van der Waals surface area contributed by atoms with E-state index in [9.17, 15) is 9.90 Å². The maximum atomic E-state index is 10.3. The number of hydrogen-bond acceptors (Lipinski definition) is 5. The monoisotopic (exact) mass is 189 g/mol. The fraction of sp³-hybridized carbons (Fsp3) is 0.400. The lowest BCUT2D eigenvalue weighted by Gasteiger charge is -2.06. The Balaban J connectivity index is 2.93. The van der Waals surface area contributed by atoms with Crippen molar-refractivity contribution in [3.8, 4) is 0 Å². The van der Waals surface area contributed by atoms with Crippen LogP contribution in [0.4, 0.5) is 0 Å². The standard InChI is InChI=1S/C5H6N2O2S2/c1-2(4(8)9)3-6-7-5(10)11-3/h2H,1H3,(H,7,10)(H,8,9)/p-1/t2-/m1/s1. The number of H-pyrrole nitrogens is 1. The summed E-state index contributed by atoms with van der Waals surface area (Å²) in [5, 5.41) is 17.0. The summed E-state index contributed by atoms with van der Waals surface area (Å²) < 4.78 is 0.480. The van der Waals surface area contributed by atoms with Crippen molar-refractivity contribution in [3.63, 3.8) is 0 Å². The van der Waals surface area contributed by atoms with Crippen LogP contribution in [0.15, 0.2) is 0 Å². The quantitative estimate of drug-likeness (QED) is 0.668. The zero-order valence-electron chi connectivity index (χ0n) is 5.66. The van der Waals surface area contributed by atoms with Crippen molar-refractivity contribution in [2.75, 3.05) is 0 Å².